The molecule has 0 aromatic rings. The highest BCUT2D eigenvalue weighted by Gasteiger charge is 2.35. The van der Waals surface area contributed by atoms with Crippen LogP contribution in [0.2, 0.25) is 0 Å². The van der Waals surface area contributed by atoms with Crippen LogP contribution in [-0.2, 0) is 0 Å². The van der Waals surface area contributed by atoms with Gasteiger partial charge in [0, 0.05) is 6.04 Å². The minimum absolute atomic E-state index is 0.645. The molecule has 0 aromatic carbocycles. The van der Waals surface area contributed by atoms with Crippen molar-refractivity contribution >= 4 is 0 Å². The van der Waals surface area contributed by atoms with Crippen LogP contribution in [0.3, 0.4) is 0 Å². The number of rotatable bonds is 4. The highest BCUT2D eigenvalue weighted by Crippen LogP contribution is 2.44. The van der Waals surface area contributed by atoms with Gasteiger partial charge in [0.15, 0.2) is 0 Å². The van der Waals surface area contributed by atoms with Crippen molar-refractivity contribution in [1.29, 1.82) is 0 Å². The smallest absolute Gasteiger partial charge is 0.00104 e. The van der Waals surface area contributed by atoms with Gasteiger partial charge >= 0.3 is 0 Å². The van der Waals surface area contributed by atoms with Gasteiger partial charge in [-0.1, -0.05) is 47.0 Å². The summed E-state index contributed by atoms with van der Waals surface area (Å²) in [5.41, 5.74) is 0. The molecule has 0 radical (unpaired) electrons. The minimum atomic E-state index is 0.645. The summed E-state index contributed by atoms with van der Waals surface area (Å²) >= 11 is 0. The first-order valence-corrected chi connectivity index (χ1v) is 8.79. The van der Waals surface area contributed by atoms with Gasteiger partial charge in [-0.05, 0) is 61.8 Å². The third-order valence-corrected chi connectivity index (χ3v) is 5.76. The molecule has 2 aliphatic rings. The van der Waals surface area contributed by atoms with Crippen molar-refractivity contribution in [2.24, 2.45) is 29.6 Å². The zero-order valence-electron chi connectivity index (χ0n) is 13.6. The quantitative estimate of drug-likeness (QED) is 0.765. The Balaban J connectivity index is 1.91. The molecule has 3 unspecified atom stereocenters. The van der Waals surface area contributed by atoms with Crippen LogP contribution in [0.5, 0.6) is 0 Å². The molecule has 112 valence electrons. The summed E-state index contributed by atoms with van der Waals surface area (Å²) in [5, 5.41) is 3.71. The standard InChI is InChI=1S/C18H35N/c1-13(2)19-12-17-10-7-15(4)11-18(17)16-8-5-14(3)6-9-16/h13-19H,5-12H2,1-4H3. The van der Waals surface area contributed by atoms with E-state index < -0.39 is 0 Å². The van der Waals surface area contributed by atoms with E-state index in [0.29, 0.717) is 6.04 Å². The van der Waals surface area contributed by atoms with Crippen LogP contribution in [-0.4, -0.2) is 12.6 Å². The zero-order chi connectivity index (χ0) is 13.8. The van der Waals surface area contributed by atoms with E-state index in [1.807, 2.05) is 0 Å². The fourth-order valence-corrected chi connectivity index (χ4v) is 4.42. The molecular weight excluding hydrogens is 230 g/mol. The molecule has 19 heavy (non-hydrogen) atoms. The molecule has 2 fully saturated rings. The molecule has 2 rings (SSSR count). The van der Waals surface area contributed by atoms with Crippen LogP contribution in [0.25, 0.3) is 0 Å². The summed E-state index contributed by atoms with van der Waals surface area (Å²) in [6.07, 6.45) is 10.4. The third kappa shape index (κ3) is 4.48. The van der Waals surface area contributed by atoms with Gasteiger partial charge in [-0.3, -0.25) is 0 Å². The van der Waals surface area contributed by atoms with Crippen molar-refractivity contribution in [3.8, 4) is 0 Å². The molecule has 0 amide bonds. The maximum atomic E-state index is 3.71. The summed E-state index contributed by atoms with van der Waals surface area (Å²) in [5.74, 6) is 4.97. The van der Waals surface area contributed by atoms with E-state index in [9.17, 15) is 0 Å². The highest BCUT2D eigenvalue weighted by molar-refractivity contribution is 4.87. The van der Waals surface area contributed by atoms with E-state index >= 15 is 0 Å². The molecule has 1 heteroatoms. The van der Waals surface area contributed by atoms with Gasteiger partial charge in [-0.25, -0.2) is 0 Å². The molecule has 0 bridgehead atoms. The maximum absolute atomic E-state index is 3.71. The van der Waals surface area contributed by atoms with Crippen molar-refractivity contribution in [1.82, 2.24) is 5.32 Å². The van der Waals surface area contributed by atoms with Gasteiger partial charge in [0.1, 0.15) is 0 Å². The third-order valence-electron chi connectivity index (χ3n) is 5.76. The molecule has 3 atom stereocenters. The highest BCUT2D eigenvalue weighted by atomic mass is 14.9. The molecule has 1 nitrogen and oxygen atoms in total. The van der Waals surface area contributed by atoms with E-state index in [2.05, 4.69) is 33.0 Å². The summed E-state index contributed by atoms with van der Waals surface area (Å²) in [4.78, 5) is 0. The SMILES string of the molecule is CC1CCC(C2CC(C)CCC2CNC(C)C)CC1. The van der Waals surface area contributed by atoms with Gasteiger partial charge in [-0.2, -0.15) is 0 Å². The first-order chi connectivity index (χ1) is 9.06. The van der Waals surface area contributed by atoms with Crippen molar-refractivity contribution < 1.29 is 0 Å². The number of nitrogens with one attached hydrogen (secondary N) is 1. The average molecular weight is 265 g/mol. The fourth-order valence-electron chi connectivity index (χ4n) is 4.42. The van der Waals surface area contributed by atoms with Crippen LogP contribution in [0, 0.1) is 29.6 Å². The van der Waals surface area contributed by atoms with Crippen LogP contribution in [0.15, 0.2) is 0 Å². The lowest BCUT2D eigenvalue weighted by Crippen LogP contribution is -2.39. The average Bonchev–Trinajstić information content (AvgIpc) is 2.38. The molecular formula is C18H35N. The second-order valence-electron chi connectivity index (χ2n) is 7.93. The Bertz CT molecular complexity index is 252. The lowest BCUT2D eigenvalue weighted by molar-refractivity contribution is 0.0897. The second-order valence-corrected chi connectivity index (χ2v) is 7.93. The van der Waals surface area contributed by atoms with Crippen LogP contribution in [0.1, 0.15) is 72.6 Å². The van der Waals surface area contributed by atoms with Gasteiger partial charge in [0.25, 0.3) is 0 Å². The monoisotopic (exact) mass is 265 g/mol. The summed E-state index contributed by atoms with van der Waals surface area (Å²) in [6, 6.07) is 0.645. The van der Waals surface area contributed by atoms with E-state index in [1.54, 1.807) is 0 Å². The molecule has 2 aliphatic carbocycles. The Morgan fingerprint density at radius 3 is 2.16 bits per heavy atom. The first kappa shape index (κ1) is 15.4. The Morgan fingerprint density at radius 1 is 0.895 bits per heavy atom. The van der Waals surface area contributed by atoms with Gasteiger partial charge in [-0.15, -0.1) is 0 Å². The normalized spacial score (nSPS) is 40.6. The second kappa shape index (κ2) is 7.11. The van der Waals surface area contributed by atoms with E-state index in [4.69, 9.17) is 0 Å². The number of hydrogen-bond donors (Lipinski definition) is 1. The predicted molar refractivity (Wildman–Crippen MR) is 84.3 cm³/mol. The molecule has 2 saturated carbocycles. The summed E-state index contributed by atoms with van der Waals surface area (Å²) in [6.45, 7) is 10.7. The van der Waals surface area contributed by atoms with E-state index in [1.165, 1.54) is 51.5 Å². The van der Waals surface area contributed by atoms with Gasteiger partial charge < -0.3 is 5.32 Å². The largest absolute Gasteiger partial charge is 0.314 e. The summed E-state index contributed by atoms with van der Waals surface area (Å²) < 4.78 is 0. The molecule has 1 N–H and O–H groups in total. The summed E-state index contributed by atoms with van der Waals surface area (Å²) in [7, 11) is 0. The molecule has 0 saturated heterocycles. The van der Waals surface area contributed by atoms with E-state index in [-0.39, 0.29) is 0 Å². The Kier molecular flexibility index (Phi) is 5.74. The van der Waals surface area contributed by atoms with Crippen molar-refractivity contribution in [2.45, 2.75) is 78.7 Å². The van der Waals surface area contributed by atoms with Crippen LogP contribution < -0.4 is 5.32 Å². The lowest BCUT2D eigenvalue weighted by atomic mass is 9.64. The zero-order valence-corrected chi connectivity index (χ0v) is 13.6. The maximum Gasteiger partial charge on any atom is 0.00104 e. The molecule has 0 aromatic heterocycles. The van der Waals surface area contributed by atoms with Gasteiger partial charge in [0.05, 0.1) is 0 Å². The first-order valence-electron chi connectivity index (χ1n) is 8.79. The predicted octanol–water partition coefficient (Wildman–Crippen LogP) is 4.86. The Morgan fingerprint density at radius 2 is 1.53 bits per heavy atom. The number of hydrogen-bond acceptors (Lipinski definition) is 1. The van der Waals surface area contributed by atoms with E-state index in [0.717, 1.165) is 29.6 Å². The van der Waals surface area contributed by atoms with Crippen molar-refractivity contribution in [2.75, 3.05) is 6.54 Å². The van der Waals surface area contributed by atoms with Crippen molar-refractivity contribution in [3.63, 3.8) is 0 Å². The lowest BCUT2D eigenvalue weighted by Gasteiger charge is -2.42. The van der Waals surface area contributed by atoms with Crippen LogP contribution in [0.4, 0.5) is 0 Å². The van der Waals surface area contributed by atoms with Crippen LogP contribution >= 0.6 is 0 Å². The topological polar surface area (TPSA) is 12.0 Å². The Hall–Kier alpha value is -0.0400. The Labute approximate surface area is 120 Å². The fraction of sp³-hybridized carbons (Fsp3) is 1.00. The van der Waals surface area contributed by atoms with Crippen molar-refractivity contribution in [3.05, 3.63) is 0 Å². The minimum Gasteiger partial charge on any atom is -0.314 e. The molecule has 0 aliphatic heterocycles. The van der Waals surface area contributed by atoms with Gasteiger partial charge in [0.2, 0.25) is 0 Å². The molecule has 0 spiro atoms. The molecule has 0 heterocycles.